The molecule has 3 atom stereocenters. The van der Waals surface area contributed by atoms with Crippen LogP contribution in [-0.2, 0) is 0 Å². The van der Waals surface area contributed by atoms with Gasteiger partial charge in [0.15, 0.2) is 0 Å². The highest BCUT2D eigenvalue weighted by molar-refractivity contribution is 5.94. The Morgan fingerprint density at radius 3 is 2.69 bits per heavy atom. The van der Waals surface area contributed by atoms with E-state index >= 15 is 0 Å². The largest absolute Gasteiger partial charge is 0.333 e. The number of hydrogen-bond donors (Lipinski definition) is 0. The maximum atomic E-state index is 13.3. The highest BCUT2D eigenvalue weighted by Gasteiger charge is 2.46. The molecule has 0 bridgehead atoms. The summed E-state index contributed by atoms with van der Waals surface area (Å²) in [6, 6.07) is 15.1. The summed E-state index contributed by atoms with van der Waals surface area (Å²) in [5, 5.41) is 0. The average molecular weight is 349 g/mol. The number of aromatic nitrogens is 1. The number of amides is 1. The number of likely N-dealkylation sites (N-methyl/N-ethyl adjacent to an activating group) is 1. The van der Waals surface area contributed by atoms with Gasteiger partial charge in [-0.05, 0) is 44.1 Å². The summed E-state index contributed by atoms with van der Waals surface area (Å²) < 4.78 is 0. The van der Waals surface area contributed by atoms with Crippen molar-refractivity contribution in [2.75, 3.05) is 20.1 Å². The molecule has 1 aromatic heterocycles. The highest BCUT2D eigenvalue weighted by Crippen LogP contribution is 2.39. The van der Waals surface area contributed by atoms with Crippen molar-refractivity contribution in [3.05, 3.63) is 66.0 Å². The molecule has 0 unspecified atom stereocenters. The Morgan fingerprint density at radius 1 is 1.08 bits per heavy atom. The van der Waals surface area contributed by atoms with Crippen molar-refractivity contribution < 1.29 is 4.79 Å². The average Bonchev–Trinajstić information content (AvgIpc) is 3.05. The highest BCUT2D eigenvalue weighted by atomic mass is 16.2. The van der Waals surface area contributed by atoms with Crippen LogP contribution in [0.5, 0.6) is 0 Å². The van der Waals surface area contributed by atoms with E-state index in [0.29, 0.717) is 17.5 Å². The SMILES string of the molecule is CN1CCCCC[C@@H]2[C@@H]1[C@H](c1ccccc1)CN2C(=O)c1cccnc1. The smallest absolute Gasteiger partial charge is 0.255 e. The Morgan fingerprint density at radius 2 is 1.92 bits per heavy atom. The van der Waals surface area contributed by atoms with E-state index in [-0.39, 0.29) is 11.9 Å². The summed E-state index contributed by atoms with van der Waals surface area (Å²) in [6.45, 7) is 1.90. The molecule has 4 rings (SSSR count). The number of likely N-dealkylation sites (tertiary alicyclic amines) is 2. The van der Waals surface area contributed by atoms with Gasteiger partial charge >= 0.3 is 0 Å². The second-order valence-corrected chi connectivity index (χ2v) is 7.60. The van der Waals surface area contributed by atoms with E-state index in [9.17, 15) is 4.79 Å². The van der Waals surface area contributed by atoms with Crippen molar-refractivity contribution >= 4 is 5.91 Å². The van der Waals surface area contributed by atoms with Crippen molar-refractivity contribution in [1.29, 1.82) is 0 Å². The summed E-state index contributed by atoms with van der Waals surface area (Å²) in [4.78, 5) is 22.0. The number of benzene rings is 1. The van der Waals surface area contributed by atoms with Crippen molar-refractivity contribution in [2.24, 2.45) is 0 Å². The maximum Gasteiger partial charge on any atom is 0.255 e. The fraction of sp³-hybridized carbons (Fsp3) is 0.455. The van der Waals surface area contributed by atoms with Crippen LogP contribution >= 0.6 is 0 Å². The maximum absolute atomic E-state index is 13.3. The normalized spacial score (nSPS) is 26.8. The molecule has 136 valence electrons. The number of pyridine rings is 1. The van der Waals surface area contributed by atoms with Gasteiger partial charge in [-0.3, -0.25) is 9.78 Å². The van der Waals surface area contributed by atoms with Crippen LogP contribution in [-0.4, -0.2) is 52.9 Å². The lowest BCUT2D eigenvalue weighted by Crippen LogP contribution is -2.47. The zero-order valence-electron chi connectivity index (χ0n) is 15.4. The summed E-state index contributed by atoms with van der Waals surface area (Å²) in [6.07, 6.45) is 8.20. The molecule has 4 nitrogen and oxygen atoms in total. The van der Waals surface area contributed by atoms with Crippen LogP contribution in [0.1, 0.15) is 47.5 Å². The molecule has 0 N–H and O–H groups in total. The van der Waals surface area contributed by atoms with E-state index in [1.54, 1.807) is 12.4 Å². The lowest BCUT2D eigenvalue weighted by atomic mass is 9.87. The van der Waals surface area contributed by atoms with Gasteiger partial charge in [0.25, 0.3) is 5.91 Å². The molecule has 0 spiro atoms. The first-order valence-electron chi connectivity index (χ1n) is 9.72. The van der Waals surface area contributed by atoms with Crippen molar-refractivity contribution in [3.8, 4) is 0 Å². The zero-order valence-corrected chi connectivity index (χ0v) is 15.4. The van der Waals surface area contributed by atoms with Crippen LogP contribution in [0.4, 0.5) is 0 Å². The molecule has 2 saturated heterocycles. The van der Waals surface area contributed by atoms with E-state index in [1.807, 2.05) is 12.1 Å². The molecule has 0 radical (unpaired) electrons. The van der Waals surface area contributed by atoms with Crippen LogP contribution in [0.3, 0.4) is 0 Å². The fourth-order valence-electron chi connectivity index (χ4n) is 4.77. The number of hydrogen-bond acceptors (Lipinski definition) is 3. The summed E-state index contributed by atoms with van der Waals surface area (Å²) in [5.41, 5.74) is 2.04. The molecule has 1 amide bonds. The van der Waals surface area contributed by atoms with Crippen molar-refractivity contribution in [3.63, 3.8) is 0 Å². The van der Waals surface area contributed by atoms with E-state index in [0.717, 1.165) is 19.5 Å². The molecule has 2 aromatic rings. The van der Waals surface area contributed by atoms with Crippen molar-refractivity contribution in [2.45, 2.75) is 43.7 Å². The second kappa shape index (κ2) is 7.58. The standard InChI is InChI=1S/C22H27N3O/c1-24-14-7-3-6-12-20-21(24)19(17-9-4-2-5-10-17)16-25(20)22(26)18-11-8-13-23-15-18/h2,4-5,8-11,13,15,19-21H,3,6-7,12,14,16H2,1H3/t19-,20+,21-/m0/s1. The molecule has 2 aliphatic heterocycles. The number of carbonyl (C=O) groups is 1. The summed E-state index contributed by atoms with van der Waals surface area (Å²) in [5.74, 6) is 0.491. The number of carbonyl (C=O) groups excluding carboxylic acids is 1. The Balaban J connectivity index is 1.69. The molecule has 26 heavy (non-hydrogen) atoms. The molecule has 0 saturated carbocycles. The van der Waals surface area contributed by atoms with E-state index in [1.165, 1.54) is 24.8 Å². The minimum atomic E-state index is 0.125. The third kappa shape index (κ3) is 3.26. The van der Waals surface area contributed by atoms with E-state index in [4.69, 9.17) is 0 Å². The van der Waals surface area contributed by atoms with Gasteiger partial charge in [0.1, 0.15) is 0 Å². The van der Waals surface area contributed by atoms with E-state index in [2.05, 4.69) is 52.2 Å². The number of fused-ring (bicyclic) bond motifs is 1. The minimum absolute atomic E-state index is 0.125. The zero-order chi connectivity index (χ0) is 17.9. The van der Waals surface area contributed by atoms with E-state index < -0.39 is 0 Å². The third-order valence-corrected chi connectivity index (χ3v) is 6.02. The summed E-state index contributed by atoms with van der Waals surface area (Å²) in [7, 11) is 2.23. The topological polar surface area (TPSA) is 36.4 Å². The molecular formula is C22H27N3O. The quantitative estimate of drug-likeness (QED) is 0.832. The van der Waals surface area contributed by atoms with Gasteiger partial charge in [-0.15, -0.1) is 0 Å². The molecule has 2 fully saturated rings. The van der Waals surface area contributed by atoms with Crippen LogP contribution < -0.4 is 0 Å². The lowest BCUT2D eigenvalue weighted by molar-refractivity contribution is 0.0669. The Kier molecular flexibility index (Phi) is 5.02. The molecule has 4 heteroatoms. The van der Waals surface area contributed by atoms with Crippen LogP contribution in [0.15, 0.2) is 54.9 Å². The van der Waals surface area contributed by atoms with Crippen LogP contribution in [0.2, 0.25) is 0 Å². The van der Waals surface area contributed by atoms with Crippen LogP contribution in [0.25, 0.3) is 0 Å². The minimum Gasteiger partial charge on any atom is -0.333 e. The molecule has 2 aliphatic rings. The first-order chi connectivity index (χ1) is 12.8. The van der Waals surface area contributed by atoms with Gasteiger partial charge in [-0.25, -0.2) is 0 Å². The summed E-state index contributed by atoms with van der Waals surface area (Å²) >= 11 is 0. The molecular weight excluding hydrogens is 322 g/mol. The van der Waals surface area contributed by atoms with Gasteiger partial charge in [-0.1, -0.05) is 43.2 Å². The van der Waals surface area contributed by atoms with Gasteiger partial charge in [0.2, 0.25) is 0 Å². The lowest BCUT2D eigenvalue weighted by Gasteiger charge is -2.37. The van der Waals surface area contributed by atoms with Crippen molar-refractivity contribution in [1.82, 2.24) is 14.8 Å². The fourth-order valence-corrected chi connectivity index (χ4v) is 4.77. The Labute approximate surface area is 155 Å². The predicted octanol–water partition coefficient (Wildman–Crippen LogP) is 3.56. The van der Waals surface area contributed by atoms with Gasteiger partial charge < -0.3 is 9.80 Å². The first-order valence-corrected chi connectivity index (χ1v) is 9.72. The first kappa shape index (κ1) is 17.2. The molecule has 1 aromatic carbocycles. The number of rotatable bonds is 2. The third-order valence-electron chi connectivity index (χ3n) is 6.02. The Hall–Kier alpha value is -2.20. The Bertz CT molecular complexity index is 734. The monoisotopic (exact) mass is 349 g/mol. The van der Waals surface area contributed by atoms with Gasteiger partial charge in [-0.2, -0.15) is 0 Å². The molecule has 3 heterocycles. The second-order valence-electron chi connectivity index (χ2n) is 7.60. The predicted molar refractivity (Wildman–Crippen MR) is 103 cm³/mol. The molecule has 0 aliphatic carbocycles. The number of nitrogens with zero attached hydrogens (tertiary/aromatic N) is 3. The van der Waals surface area contributed by atoms with Gasteiger partial charge in [0.05, 0.1) is 5.56 Å². The van der Waals surface area contributed by atoms with Crippen LogP contribution in [0, 0.1) is 0 Å². The van der Waals surface area contributed by atoms with Gasteiger partial charge in [0, 0.05) is 36.9 Å².